The molecule has 0 aliphatic rings. The number of anilines is 1. The van der Waals surface area contributed by atoms with Gasteiger partial charge < -0.3 is 14.8 Å². The Labute approximate surface area is 162 Å². The van der Waals surface area contributed by atoms with E-state index in [4.69, 9.17) is 21.7 Å². The summed E-state index contributed by atoms with van der Waals surface area (Å²) in [6.45, 7) is 5.43. The number of halogens is 3. The molecule has 0 unspecified atom stereocenters. The summed E-state index contributed by atoms with van der Waals surface area (Å²) >= 11 is 5.01. The number of thiocarbonyl (C=S) groups is 1. The molecular formula is C20H22F3NO2S. The van der Waals surface area contributed by atoms with Gasteiger partial charge in [0.15, 0.2) is 0 Å². The predicted octanol–water partition coefficient (Wildman–Crippen LogP) is 5.81. The van der Waals surface area contributed by atoms with Crippen LogP contribution >= 0.6 is 12.2 Å². The SMILES string of the molecule is CCc1cc(C(F)(F)F)c(OCc2c(C)cccc2NC(=S)OC)cc1C. The molecule has 27 heavy (non-hydrogen) atoms. The zero-order valence-corrected chi connectivity index (χ0v) is 16.5. The standard InChI is InChI=1S/C20H22F3NO2S/c1-5-14-10-16(20(21,22)23)18(9-13(14)3)26-11-15-12(2)7-6-8-17(15)24-19(27)25-4/h6-10H,5,11H2,1-4H3,(H,24,27). The molecule has 2 rings (SSSR count). The van der Waals surface area contributed by atoms with Crippen molar-refractivity contribution >= 4 is 23.1 Å². The fraction of sp³-hybridized carbons (Fsp3) is 0.350. The number of hydrogen-bond donors (Lipinski definition) is 1. The van der Waals surface area contributed by atoms with Gasteiger partial charge in [0.05, 0.1) is 12.7 Å². The molecule has 0 radical (unpaired) electrons. The van der Waals surface area contributed by atoms with Crippen LogP contribution in [0.4, 0.5) is 18.9 Å². The molecule has 2 aromatic rings. The third-order valence-electron chi connectivity index (χ3n) is 4.33. The Morgan fingerprint density at radius 3 is 2.44 bits per heavy atom. The van der Waals surface area contributed by atoms with E-state index in [1.165, 1.54) is 19.2 Å². The Hall–Kier alpha value is -2.28. The van der Waals surface area contributed by atoms with E-state index in [2.05, 4.69) is 5.32 Å². The molecule has 0 saturated carbocycles. The van der Waals surface area contributed by atoms with Crippen LogP contribution in [-0.2, 0) is 23.9 Å². The number of hydrogen-bond acceptors (Lipinski definition) is 3. The second-order valence-electron chi connectivity index (χ2n) is 6.13. The summed E-state index contributed by atoms with van der Waals surface area (Å²) in [5.74, 6) is -0.180. The lowest BCUT2D eigenvalue weighted by atomic mass is 10.0. The normalized spacial score (nSPS) is 11.2. The van der Waals surface area contributed by atoms with Gasteiger partial charge in [0.25, 0.3) is 5.17 Å². The first kappa shape index (κ1) is 21.0. The Morgan fingerprint density at radius 2 is 1.85 bits per heavy atom. The zero-order valence-electron chi connectivity index (χ0n) is 15.7. The first-order valence-corrected chi connectivity index (χ1v) is 8.85. The van der Waals surface area contributed by atoms with Crippen LogP contribution in [0.5, 0.6) is 5.75 Å². The highest BCUT2D eigenvalue weighted by Crippen LogP contribution is 2.38. The van der Waals surface area contributed by atoms with Crippen molar-refractivity contribution in [2.45, 2.75) is 40.0 Å². The number of benzene rings is 2. The summed E-state index contributed by atoms with van der Waals surface area (Å²) in [7, 11) is 1.44. The first-order chi connectivity index (χ1) is 12.7. The summed E-state index contributed by atoms with van der Waals surface area (Å²) in [5, 5.41) is 3.09. The van der Waals surface area contributed by atoms with Gasteiger partial charge in [-0.05, 0) is 67.4 Å². The molecule has 0 fully saturated rings. The number of rotatable bonds is 5. The van der Waals surface area contributed by atoms with Crippen molar-refractivity contribution < 1.29 is 22.6 Å². The minimum atomic E-state index is -4.49. The minimum Gasteiger partial charge on any atom is -0.488 e. The van der Waals surface area contributed by atoms with Crippen LogP contribution in [-0.4, -0.2) is 12.3 Å². The van der Waals surface area contributed by atoms with Gasteiger partial charge in [0.2, 0.25) is 0 Å². The number of alkyl halides is 3. The molecule has 0 aliphatic carbocycles. The summed E-state index contributed by atoms with van der Waals surface area (Å²) in [4.78, 5) is 0. The highest BCUT2D eigenvalue weighted by Gasteiger charge is 2.35. The molecule has 0 spiro atoms. The van der Waals surface area contributed by atoms with Crippen molar-refractivity contribution in [2.75, 3.05) is 12.4 Å². The maximum Gasteiger partial charge on any atom is 0.419 e. The summed E-state index contributed by atoms with van der Waals surface area (Å²) < 4.78 is 51.0. The molecular weight excluding hydrogens is 375 g/mol. The monoisotopic (exact) mass is 397 g/mol. The van der Waals surface area contributed by atoms with Gasteiger partial charge in [-0.25, -0.2) is 0 Å². The van der Waals surface area contributed by atoms with E-state index >= 15 is 0 Å². The lowest BCUT2D eigenvalue weighted by Gasteiger charge is -2.19. The van der Waals surface area contributed by atoms with E-state index in [0.29, 0.717) is 23.2 Å². The summed E-state index contributed by atoms with van der Waals surface area (Å²) in [6, 6.07) is 8.07. The molecule has 0 aromatic heterocycles. The largest absolute Gasteiger partial charge is 0.488 e. The third kappa shape index (κ3) is 5.13. The van der Waals surface area contributed by atoms with Gasteiger partial charge in [-0.3, -0.25) is 0 Å². The van der Waals surface area contributed by atoms with Crippen LogP contribution in [0.2, 0.25) is 0 Å². The maximum atomic E-state index is 13.5. The summed E-state index contributed by atoms with van der Waals surface area (Å²) in [5.41, 5.74) is 2.87. The summed E-state index contributed by atoms with van der Waals surface area (Å²) in [6.07, 6.45) is -3.97. The van der Waals surface area contributed by atoms with Crippen LogP contribution in [0, 0.1) is 13.8 Å². The number of methoxy groups -OCH3 is 1. The van der Waals surface area contributed by atoms with E-state index in [1.807, 2.05) is 26.0 Å². The van der Waals surface area contributed by atoms with Gasteiger partial charge in [-0.1, -0.05) is 19.1 Å². The van der Waals surface area contributed by atoms with E-state index < -0.39 is 11.7 Å². The van der Waals surface area contributed by atoms with Gasteiger partial charge >= 0.3 is 6.18 Å². The smallest absolute Gasteiger partial charge is 0.419 e. The molecule has 0 saturated heterocycles. The maximum absolute atomic E-state index is 13.5. The molecule has 7 heteroatoms. The average Bonchev–Trinajstić information content (AvgIpc) is 2.60. The molecule has 0 atom stereocenters. The third-order valence-corrected chi connectivity index (χ3v) is 4.60. The molecule has 0 aliphatic heterocycles. The van der Waals surface area contributed by atoms with Gasteiger partial charge in [-0.15, -0.1) is 0 Å². The van der Waals surface area contributed by atoms with Crippen molar-refractivity contribution in [1.29, 1.82) is 0 Å². The van der Waals surface area contributed by atoms with Crippen LogP contribution in [0.25, 0.3) is 0 Å². The van der Waals surface area contributed by atoms with Gasteiger partial charge in [-0.2, -0.15) is 13.2 Å². The number of ether oxygens (including phenoxy) is 2. The Balaban J connectivity index is 2.37. The molecule has 2 aromatic carbocycles. The van der Waals surface area contributed by atoms with Crippen LogP contribution < -0.4 is 10.1 Å². The van der Waals surface area contributed by atoms with Gasteiger partial charge in [0.1, 0.15) is 12.4 Å². The number of nitrogens with one attached hydrogen (secondary N) is 1. The van der Waals surface area contributed by atoms with E-state index in [-0.39, 0.29) is 17.5 Å². The lowest BCUT2D eigenvalue weighted by molar-refractivity contribution is -0.139. The second-order valence-corrected chi connectivity index (χ2v) is 6.50. The number of aryl methyl sites for hydroxylation is 3. The Morgan fingerprint density at radius 1 is 1.15 bits per heavy atom. The Bertz CT molecular complexity index is 835. The van der Waals surface area contributed by atoms with Crippen LogP contribution in [0.3, 0.4) is 0 Å². The molecule has 1 N–H and O–H groups in total. The second kappa shape index (κ2) is 8.61. The van der Waals surface area contributed by atoms with Gasteiger partial charge in [0, 0.05) is 11.3 Å². The van der Waals surface area contributed by atoms with Crippen molar-refractivity contribution in [3.63, 3.8) is 0 Å². The highest BCUT2D eigenvalue weighted by atomic mass is 32.1. The highest BCUT2D eigenvalue weighted by molar-refractivity contribution is 7.80. The van der Waals surface area contributed by atoms with Crippen molar-refractivity contribution in [2.24, 2.45) is 0 Å². The van der Waals surface area contributed by atoms with Crippen molar-refractivity contribution in [3.8, 4) is 5.75 Å². The zero-order chi connectivity index (χ0) is 20.2. The van der Waals surface area contributed by atoms with Crippen molar-refractivity contribution in [1.82, 2.24) is 0 Å². The van der Waals surface area contributed by atoms with E-state index in [9.17, 15) is 13.2 Å². The fourth-order valence-electron chi connectivity index (χ4n) is 2.77. The topological polar surface area (TPSA) is 30.5 Å². The molecule has 146 valence electrons. The Kier molecular flexibility index (Phi) is 6.70. The molecule has 3 nitrogen and oxygen atoms in total. The quantitative estimate of drug-likeness (QED) is 0.645. The minimum absolute atomic E-state index is 0.0324. The molecule has 0 heterocycles. The van der Waals surface area contributed by atoms with Crippen molar-refractivity contribution in [3.05, 3.63) is 58.1 Å². The molecule has 0 amide bonds. The fourth-order valence-corrected chi connectivity index (χ4v) is 2.88. The van der Waals surface area contributed by atoms with E-state index in [0.717, 1.165) is 11.1 Å². The molecule has 0 bridgehead atoms. The van der Waals surface area contributed by atoms with E-state index in [1.54, 1.807) is 13.0 Å². The average molecular weight is 397 g/mol. The lowest BCUT2D eigenvalue weighted by Crippen LogP contribution is -2.14. The predicted molar refractivity (Wildman–Crippen MR) is 104 cm³/mol. The van der Waals surface area contributed by atoms with Crippen LogP contribution in [0.15, 0.2) is 30.3 Å². The van der Waals surface area contributed by atoms with Crippen LogP contribution in [0.1, 0.15) is 34.7 Å². The first-order valence-electron chi connectivity index (χ1n) is 8.44.